The smallest absolute Gasteiger partial charge is 0.334 e. The van der Waals surface area contributed by atoms with E-state index >= 15 is 0 Å². The molecule has 0 heterocycles. The zero-order valence-corrected chi connectivity index (χ0v) is 8.97. The van der Waals surface area contributed by atoms with Gasteiger partial charge in [0.15, 0.2) is 0 Å². The van der Waals surface area contributed by atoms with E-state index in [1.165, 1.54) is 20.3 Å². The summed E-state index contributed by atoms with van der Waals surface area (Å²) in [6, 6.07) is 0. The molecular weight excluding hydrogens is 204 g/mol. The van der Waals surface area contributed by atoms with Crippen molar-refractivity contribution in [1.82, 2.24) is 0 Å². The van der Waals surface area contributed by atoms with Crippen molar-refractivity contribution in [3.05, 3.63) is 11.8 Å². The van der Waals surface area contributed by atoms with E-state index in [-0.39, 0.29) is 18.8 Å². The molecule has 0 aliphatic heterocycles. The van der Waals surface area contributed by atoms with Gasteiger partial charge in [-0.1, -0.05) is 0 Å². The Morgan fingerprint density at radius 2 is 1.73 bits per heavy atom. The van der Waals surface area contributed by atoms with Gasteiger partial charge in [-0.05, 0) is 6.92 Å². The number of methoxy groups -OCH3 is 1. The second-order valence-corrected chi connectivity index (χ2v) is 2.40. The molecule has 0 unspecified atom stereocenters. The van der Waals surface area contributed by atoms with E-state index < -0.39 is 5.97 Å². The molecular formula is C9H18O6. The molecule has 0 aliphatic rings. The highest BCUT2D eigenvalue weighted by Gasteiger charge is 1.96. The Labute approximate surface area is 88.7 Å². The van der Waals surface area contributed by atoms with Gasteiger partial charge in [-0.3, -0.25) is 0 Å². The minimum atomic E-state index is -0.952. The van der Waals surface area contributed by atoms with Crippen LogP contribution in [-0.4, -0.2) is 54.8 Å². The molecule has 0 amide bonds. The second-order valence-electron chi connectivity index (χ2n) is 2.40. The first-order valence-electron chi connectivity index (χ1n) is 4.32. The minimum absolute atomic E-state index is 0.0278. The highest BCUT2D eigenvalue weighted by molar-refractivity contribution is 5.85. The highest BCUT2D eigenvalue weighted by atomic mass is 16.5. The Morgan fingerprint density at radius 3 is 1.93 bits per heavy atom. The first kappa shape index (κ1) is 16.3. The van der Waals surface area contributed by atoms with Crippen LogP contribution >= 0.6 is 0 Å². The standard InChI is InChI=1S/C5H8O3.C4H10O3/c1-4(3-8-2)5(6)7;5-1-3-7-4-2-6/h3H,1-2H3,(H,6,7);5-6H,1-4H2. The summed E-state index contributed by atoms with van der Waals surface area (Å²) >= 11 is 0. The molecule has 0 fully saturated rings. The average Bonchev–Trinajstić information content (AvgIpc) is 2.20. The van der Waals surface area contributed by atoms with Crippen LogP contribution in [0.25, 0.3) is 0 Å². The number of carbonyl (C=O) groups is 1. The van der Waals surface area contributed by atoms with Crippen molar-refractivity contribution in [3.8, 4) is 0 Å². The monoisotopic (exact) mass is 222 g/mol. The Morgan fingerprint density at radius 1 is 1.27 bits per heavy atom. The third-order valence-corrected chi connectivity index (χ3v) is 1.10. The molecule has 0 bridgehead atoms. The first-order chi connectivity index (χ1) is 7.09. The quantitative estimate of drug-likeness (QED) is 0.322. The number of ether oxygens (including phenoxy) is 2. The van der Waals surface area contributed by atoms with Crippen LogP contribution in [0.1, 0.15) is 6.92 Å². The summed E-state index contributed by atoms with van der Waals surface area (Å²) in [5, 5.41) is 24.3. The SMILES string of the molecule is COC=C(C)C(=O)O.OCCOCCO. The summed E-state index contributed by atoms with van der Waals surface area (Å²) in [5.74, 6) is -0.952. The molecule has 0 saturated carbocycles. The van der Waals surface area contributed by atoms with Gasteiger partial charge in [-0.25, -0.2) is 4.79 Å². The molecule has 0 aliphatic carbocycles. The Balaban J connectivity index is 0. The second kappa shape index (κ2) is 12.9. The zero-order chi connectivity index (χ0) is 12.1. The lowest BCUT2D eigenvalue weighted by Gasteiger charge is -1.94. The van der Waals surface area contributed by atoms with Gasteiger partial charge in [0.1, 0.15) is 0 Å². The van der Waals surface area contributed by atoms with Crippen molar-refractivity contribution in [1.29, 1.82) is 0 Å². The lowest BCUT2D eigenvalue weighted by molar-refractivity contribution is -0.132. The number of aliphatic carboxylic acids is 1. The fourth-order valence-corrected chi connectivity index (χ4v) is 0.458. The van der Waals surface area contributed by atoms with Crippen LogP contribution in [0.15, 0.2) is 11.8 Å². The molecule has 6 heteroatoms. The molecule has 6 nitrogen and oxygen atoms in total. The summed E-state index contributed by atoms with van der Waals surface area (Å²) in [4.78, 5) is 9.94. The number of aliphatic hydroxyl groups is 2. The number of carboxylic acid groups (broad SMARTS) is 1. The van der Waals surface area contributed by atoms with Crippen molar-refractivity contribution in [2.24, 2.45) is 0 Å². The normalized spacial score (nSPS) is 10.3. The van der Waals surface area contributed by atoms with E-state index in [4.69, 9.17) is 15.3 Å². The van der Waals surface area contributed by atoms with E-state index in [1.807, 2.05) is 0 Å². The third kappa shape index (κ3) is 15.6. The Hall–Kier alpha value is -1.11. The predicted octanol–water partition coefficient (Wildman–Crippen LogP) is -0.391. The fourth-order valence-electron chi connectivity index (χ4n) is 0.458. The summed E-state index contributed by atoms with van der Waals surface area (Å²) in [6.07, 6.45) is 1.18. The zero-order valence-electron chi connectivity index (χ0n) is 8.97. The van der Waals surface area contributed by atoms with E-state index in [2.05, 4.69) is 9.47 Å². The van der Waals surface area contributed by atoms with Crippen LogP contribution in [0.4, 0.5) is 0 Å². The van der Waals surface area contributed by atoms with Crippen molar-refractivity contribution in [2.75, 3.05) is 33.5 Å². The molecule has 0 aromatic carbocycles. The molecule has 0 aromatic rings. The summed E-state index contributed by atoms with van der Waals surface area (Å²) in [7, 11) is 1.41. The molecule has 3 N–H and O–H groups in total. The minimum Gasteiger partial charge on any atom is -0.504 e. The van der Waals surface area contributed by atoms with Crippen molar-refractivity contribution < 1.29 is 29.6 Å². The number of hydrogen-bond acceptors (Lipinski definition) is 5. The molecule has 0 radical (unpaired) electrons. The van der Waals surface area contributed by atoms with Gasteiger partial charge >= 0.3 is 5.97 Å². The maximum atomic E-state index is 9.94. The molecule has 0 rings (SSSR count). The van der Waals surface area contributed by atoms with Crippen LogP contribution < -0.4 is 0 Å². The molecule has 15 heavy (non-hydrogen) atoms. The molecule has 0 saturated heterocycles. The maximum absolute atomic E-state index is 9.94. The van der Waals surface area contributed by atoms with Gasteiger partial charge in [-0.2, -0.15) is 0 Å². The third-order valence-electron chi connectivity index (χ3n) is 1.10. The maximum Gasteiger partial charge on any atom is 0.334 e. The van der Waals surface area contributed by atoms with Crippen LogP contribution in [0.3, 0.4) is 0 Å². The van der Waals surface area contributed by atoms with Crippen LogP contribution in [0.2, 0.25) is 0 Å². The lowest BCUT2D eigenvalue weighted by Crippen LogP contribution is -2.03. The van der Waals surface area contributed by atoms with E-state index in [0.717, 1.165) is 0 Å². The number of hydrogen-bond donors (Lipinski definition) is 3. The van der Waals surface area contributed by atoms with Gasteiger partial charge in [0.05, 0.1) is 45.4 Å². The van der Waals surface area contributed by atoms with Crippen LogP contribution in [0.5, 0.6) is 0 Å². The first-order valence-corrected chi connectivity index (χ1v) is 4.32. The van der Waals surface area contributed by atoms with E-state index in [1.54, 1.807) is 0 Å². The van der Waals surface area contributed by atoms with E-state index in [9.17, 15) is 4.79 Å². The Bertz CT molecular complexity index is 173. The predicted molar refractivity (Wildman–Crippen MR) is 53.4 cm³/mol. The fraction of sp³-hybridized carbons (Fsp3) is 0.667. The summed E-state index contributed by atoms with van der Waals surface area (Å²) in [6.45, 7) is 2.16. The Kier molecular flexibility index (Phi) is 14.0. The van der Waals surface area contributed by atoms with Gasteiger partial charge in [0.25, 0.3) is 0 Å². The summed E-state index contributed by atoms with van der Waals surface area (Å²) < 4.78 is 9.05. The molecule has 0 atom stereocenters. The topological polar surface area (TPSA) is 96.2 Å². The molecule has 0 aromatic heterocycles. The van der Waals surface area contributed by atoms with E-state index in [0.29, 0.717) is 13.2 Å². The van der Waals surface area contributed by atoms with Gasteiger partial charge in [0, 0.05) is 0 Å². The molecule has 0 spiro atoms. The summed E-state index contributed by atoms with van der Waals surface area (Å²) in [5.41, 5.74) is 0.201. The van der Waals surface area contributed by atoms with Gasteiger partial charge in [-0.15, -0.1) is 0 Å². The number of carboxylic acids is 1. The van der Waals surface area contributed by atoms with Gasteiger partial charge in [0.2, 0.25) is 0 Å². The van der Waals surface area contributed by atoms with Crippen LogP contribution in [0, 0.1) is 0 Å². The van der Waals surface area contributed by atoms with Crippen molar-refractivity contribution in [3.63, 3.8) is 0 Å². The molecule has 90 valence electrons. The lowest BCUT2D eigenvalue weighted by atomic mass is 10.4. The average molecular weight is 222 g/mol. The van der Waals surface area contributed by atoms with Crippen molar-refractivity contribution in [2.45, 2.75) is 6.92 Å². The van der Waals surface area contributed by atoms with Crippen molar-refractivity contribution >= 4 is 5.97 Å². The highest BCUT2D eigenvalue weighted by Crippen LogP contribution is 1.89. The van der Waals surface area contributed by atoms with Crippen LogP contribution in [-0.2, 0) is 14.3 Å². The number of aliphatic hydroxyl groups excluding tert-OH is 2. The van der Waals surface area contributed by atoms with Gasteiger partial charge < -0.3 is 24.8 Å². The number of rotatable bonds is 6. The largest absolute Gasteiger partial charge is 0.504 e.